The molecule has 32 heavy (non-hydrogen) atoms. The standard InChI is InChI=1S/C21H26Cl2N6O3/c1-3-4-25-21(31)29-11-14-16(12-29)26-20(24)27-19(14)18-15(23)9-13(22)10-17(18)32-8-6-28(2)5-7-30/h3,9-10,30H,1,4-8,11-12H2,2H3,(H,25,31)(H2,24,26,27). The molecular weight excluding hydrogens is 455 g/mol. The largest absolute Gasteiger partial charge is 0.491 e. The molecule has 0 radical (unpaired) electrons. The lowest BCUT2D eigenvalue weighted by atomic mass is 10.0. The van der Waals surface area contributed by atoms with Gasteiger partial charge in [0.05, 0.1) is 41.7 Å². The number of hydrogen-bond donors (Lipinski definition) is 3. The number of urea groups is 1. The second kappa shape index (κ2) is 10.8. The fourth-order valence-corrected chi connectivity index (χ4v) is 3.95. The van der Waals surface area contributed by atoms with Crippen LogP contribution in [0.25, 0.3) is 11.3 Å². The average molecular weight is 481 g/mol. The number of fused-ring (bicyclic) bond motifs is 1. The number of halogens is 2. The maximum Gasteiger partial charge on any atom is 0.318 e. The number of hydrogen-bond acceptors (Lipinski definition) is 7. The van der Waals surface area contributed by atoms with E-state index in [2.05, 4.69) is 21.9 Å². The van der Waals surface area contributed by atoms with E-state index in [1.165, 1.54) is 0 Å². The van der Waals surface area contributed by atoms with Crippen LogP contribution >= 0.6 is 23.2 Å². The van der Waals surface area contributed by atoms with E-state index >= 15 is 0 Å². The van der Waals surface area contributed by atoms with Gasteiger partial charge in [-0.2, -0.15) is 0 Å². The van der Waals surface area contributed by atoms with Gasteiger partial charge in [0.15, 0.2) is 0 Å². The van der Waals surface area contributed by atoms with Gasteiger partial charge in [-0.15, -0.1) is 6.58 Å². The number of carbonyl (C=O) groups is 1. The quantitative estimate of drug-likeness (QED) is 0.472. The number of aliphatic hydroxyl groups excluding tert-OH is 1. The van der Waals surface area contributed by atoms with Crippen molar-refractivity contribution in [3.05, 3.63) is 46.1 Å². The molecule has 1 aliphatic heterocycles. The molecule has 0 saturated heterocycles. The van der Waals surface area contributed by atoms with Crippen molar-refractivity contribution in [1.82, 2.24) is 25.1 Å². The molecule has 172 valence electrons. The Balaban J connectivity index is 1.94. The third-order valence-corrected chi connectivity index (χ3v) is 5.47. The zero-order valence-corrected chi connectivity index (χ0v) is 19.3. The van der Waals surface area contributed by atoms with E-state index in [4.69, 9.17) is 38.8 Å². The van der Waals surface area contributed by atoms with Crippen LogP contribution < -0.4 is 15.8 Å². The Kier molecular flexibility index (Phi) is 8.14. The molecular formula is C21H26Cl2N6O3. The maximum atomic E-state index is 12.4. The molecule has 1 aromatic carbocycles. The zero-order chi connectivity index (χ0) is 23.3. The van der Waals surface area contributed by atoms with Gasteiger partial charge in [0.1, 0.15) is 12.4 Å². The van der Waals surface area contributed by atoms with E-state index in [1.807, 2.05) is 11.9 Å². The van der Waals surface area contributed by atoms with Crippen LogP contribution in [0.3, 0.4) is 0 Å². The Morgan fingerprint density at radius 2 is 2.16 bits per heavy atom. The number of nitrogens with zero attached hydrogens (tertiary/aromatic N) is 4. The number of rotatable bonds is 9. The first-order valence-corrected chi connectivity index (χ1v) is 10.8. The Bertz CT molecular complexity index is 1000. The third kappa shape index (κ3) is 5.60. The van der Waals surface area contributed by atoms with Gasteiger partial charge in [0.25, 0.3) is 0 Å². The molecule has 0 spiro atoms. The summed E-state index contributed by atoms with van der Waals surface area (Å²) in [5.41, 5.74) is 8.43. The summed E-state index contributed by atoms with van der Waals surface area (Å²) in [6.45, 7) is 6.10. The number of anilines is 1. The summed E-state index contributed by atoms with van der Waals surface area (Å²) in [5, 5.41) is 12.6. The summed E-state index contributed by atoms with van der Waals surface area (Å²) in [7, 11) is 1.88. The highest BCUT2D eigenvalue weighted by atomic mass is 35.5. The van der Waals surface area contributed by atoms with Crippen molar-refractivity contribution in [1.29, 1.82) is 0 Å². The van der Waals surface area contributed by atoms with Gasteiger partial charge in [-0.05, 0) is 19.2 Å². The first kappa shape index (κ1) is 24.1. The van der Waals surface area contributed by atoms with Crippen molar-refractivity contribution in [3.63, 3.8) is 0 Å². The zero-order valence-electron chi connectivity index (χ0n) is 17.8. The number of carbonyl (C=O) groups excluding carboxylic acids is 1. The van der Waals surface area contributed by atoms with Crippen LogP contribution in [-0.4, -0.2) is 70.8 Å². The van der Waals surface area contributed by atoms with Crippen LogP contribution in [0.5, 0.6) is 5.75 Å². The molecule has 2 heterocycles. The van der Waals surface area contributed by atoms with Gasteiger partial charge in [0.2, 0.25) is 5.95 Å². The normalized spacial score (nSPS) is 12.7. The minimum absolute atomic E-state index is 0.0635. The summed E-state index contributed by atoms with van der Waals surface area (Å²) in [5.74, 6) is 0.529. The van der Waals surface area contributed by atoms with Crippen molar-refractivity contribution in [2.24, 2.45) is 0 Å². The lowest BCUT2D eigenvalue weighted by Gasteiger charge is -2.19. The summed E-state index contributed by atoms with van der Waals surface area (Å²) in [6, 6.07) is 3.04. The van der Waals surface area contributed by atoms with Crippen molar-refractivity contribution in [2.45, 2.75) is 13.1 Å². The van der Waals surface area contributed by atoms with E-state index < -0.39 is 0 Å². The SMILES string of the molecule is C=CCNC(=O)N1Cc2nc(N)nc(-c3c(Cl)cc(Cl)cc3OCCN(C)CCO)c2C1. The molecule has 3 rings (SSSR count). The monoisotopic (exact) mass is 480 g/mol. The average Bonchev–Trinajstić information content (AvgIpc) is 3.15. The van der Waals surface area contributed by atoms with Gasteiger partial charge >= 0.3 is 6.03 Å². The molecule has 0 fully saturated rings. The van der Waals surface area contributed by atoms with Crippen LogP contribution in [0.15, 0.2) is 24.8 Å². The van der Waals surface area contributed by atoms with Crippen molar-refractivity contribution in [2.75, 3.05) is 45.6 Å². The predicted molar refractivity (Wildman–Crippen MR) is 125 cm³/mol. The molecule has 4 N–H and O–H groups in total. The molecule has 9 nitrogen and oxygen atoms in total. The van der Waals surface area contributed by atoms with Crippen LogP contribution in [0.1, 0.15) is 11.3 Å². The Morgan fingerprint density at radius 1 is 1.38 bits per heavy atom. The second-order valence-corrected chi connectivity index (χ2v) is 8.17. The number of benzene rings is 1. The fraction of sp³-hybridized carbons (Fsp3) is 0.381. The van der Waals surface area contributed by atoms with Crippen LogP contribution in [-0.2, 0) is 13.1 Å². The molecule has 0 aliphatic carbocycles. The number of nitrogens with one attached hydrogen (secondary N) is 1. The summed E-state index contributed by atoms with van der Waals surface area (Å²) >= 11 is 12.8. The minimum Gasteiger partial charge on any atom is -0.491 e. The number of aromatic nitrogens is 2. The van der Waals surface area contributed by atoms with Crippen LogP contribution in [0.4, 0.5) is 10.7 Å². The first-order chi connectivity index (χ1) is 15.3. The summed E-state index contributed by atoms with van der Waals surface area (Å²) in [4.78, 5) is 24.7. The van der Waals surface area contributed by atoms with E-state index in [9.17, 15) is 4.79 Å². The van der Waals surface area contributed by atoms with Crippen molar-refractivity contribution in [3.8, 4) is 17.0 Å². The fourth-order valence-electron chi connectivity index (χ4n) is 3.38. The highest BCUT2D eigenvalue weighted by molar-refractivity contribution is 6.37. The van der Waals surface area contributed by atoms with Gasteiger partial charge in [-0.1, -0.05) is 29.3 Å². The number of nitrogens with two attached hydrogens (primary N) is 1. The highest BCUT2D eigenvalue weighted by Crippen LogP contribution is 2.42. The minimum atomic E-state index is -0.238. The molecule has 1 aromatic heterocycles. The van der Waals surface area contributed by atoms with Gasteiger partial charge < -0.3 is 30.7 Å². The smallest absolute Gasteiger partial charge is 0.318 e. The topological polar surface area (TPSA) is 117 Å². The molecule has 0 atom stereocenters. The van der Waals surface area contributed by atoms with E-state index in [-0.39, 0.29) is 18.6 Å². The van der Waals surface area contributed by atoms with Gasteiger partial charge in [-0.25, -0.2) is 14.8 Å². The van der Waals surface area contributed by atoms with Crippen molar-refractivity contribution >= 4 is 35.2 Å². The first-order valence-electron chi connectivity index (χ1n) is 10.0. The Hall–Kier alpha value is -2.59. The second-order valence-electron chi connectivity index (χ2n) is 7.32. The van der Waals surface area contributed by atoms with Crippen LogP contribution in [0, 0.1) is 0 Å². The third-order valence-electron chi connectivity index (χ3n) is 4.95. The summed E-state index contributed by atoms with van der Waals surface area (Å²) < 4.78 is 6.00. The predicted octanol–water partition coefficient (Wildman–Crippen LogP) is 2.55. The van der Waals surface area contributed by atoms with Crippen LogP contribution in [0.2, 0.25) is 10.0 Å². The Morgan fingerprint density at radius 3 is 2.88 bits per heavy atom. The van der Waals surface area contributed by atoms with Crippen molar-refractivity contribution < 1.29 is 14.6 Å². The Labute approximate surface area is 196 Å². The van der Waals surface area contributed by atoms with Gasteiger partial charge in [-0.3, -0.25) is 0 Å². The maximum absolute atomic E-state index is 12.4. The number of aliphatic hydroxyl groups is 1. The van der Waals surface area contributed by atoms with E-state index in [0.717, 1.165) is 5.56 Å². The number of nitrogen functional groups attached to an aromatic ring is 1. The highest BCUT2D eigenvalue weighted by Gasteiger charge is 2.30. The van der Waals surface area contributed by atoms with Gasteiger partial charge in [0, 0.05) is 30.2 Å². The van der Waals surface area contributed by atoms with E-state index in [1.54, 1.807) is 23.1 Å². The molecule has 1 aliphatic rings. The molecule has 0 bridgehead atoms. The van der Waals surface area contributed by atoms with E-state index in [0.29, 0.717) is 72.1 Å². The molecule has 0 unspecified atom stereocenters. The number of amides is 2. The molecule has 2 aromatic rings. The lowest BCUT2D eigenvalue weighted by Crippen LogP contribution is -2.36. The molecule has 2 amide bonds. The number of ether oxygens (including phenoxy) is 1. The summed E-state index contributed by atoms with van der Waals surface area (Å²) in [6.07, 6.45) is 1.61. The molecule has 0 saturated carbocycles. The lowest BCUT2D eigenvalue weighted by molar-refractivity contribution is 0.193. The molecule has 11 heteroatoms. The number of likely N-dealkylation sites (N-methyl/N-ethyl adjacent to an activating group) is 1.